The summed E-state index contributed by atoms with van der Waals surface area (Å²) in [5, 5.41) is 3.44. The monoisotopic (exact) mass is 352 g/mol. The third-order valence-corrected chi connectivity index (χ3v) is 4.44. The van der Waals surface area contributed by atoms with Gasteiger partial charge in [-0.25, -0.2) is 8.78 Å². The van der Waals surface area contributed by atoms with E-state index in [4.69, 9.17) is 0 Å². The van der Waals surface area contributed by atoms with Gasteiger partial charge < -0.3 is 5.32 Å². The van der Waals surface area contributed by atoms with E-state index < -0.39 is 0 Å². The Morgan fingerprint density at radius 2 is 1.50 bits per heavy atom. The molecule has 0 amide bonds. The van der Waals surface area contributed by atoms with Crippen LogP contribution in [0.3, 0.4) is 0 Å². The average molecular weight is 353 g/mol. The van der Waals surface area contributed by atoms with Crippen LogP contribution in [-0.2, 0) is 0 Å². The molecule has 1 fully saturated rings. The smallest absolute Gasteiger partial charge is 0.123 e. The minimum absolute atomic E-state index is 0. The first kappa shape index (κ1) is 18.8. The SMILES string of the molecule is C[C@H]1CN(CC(c2ccc(F)cc2)c2ccc(F)cc2)CCN1.Cl. The van der Waals surface area contributed by atoms with E-state index in [2.05, 4.69) is 17.1 Å². The van der Waals surface area contributed by atoms with Crippen molar-refractivity contribution in [1.29, 1.82) is 0 Å². The number of hydrogen-bond donors (Lipinski definition) is 1. The number of piperazine rings is 1. The van der Waals surface area contributed by atoms with Crippen LogP contribution < -0.4 is 5.32 Å². The average Bonchev–Trinajstić information content (AvgIpc) is 2.55. The molecule has 0 aromatic heterocycles. The molecule has 1 N–H and O–H groups in total. The van der Waals surface area contributed by atoms with Gasteiger partial charge in [-0.3, -0.25) is 4.90 Å². The lowest BCUT2D eigenvalue weighted by Gasteiger charge is -2.34. The molecule has 1 heterocycles. The van der Waals surface area contributed by atoms with E-state index in [0.29, 0.717) is 6.04 Å². The van der Waals surface area contributed by atoms with Crippen LogP contribution in [-0.4, -0.2) is 37.1 Å². The lowest BCUT2D eigenvalue weighted by atomic mass is 9.90. The van der Waals surface area contributed by atoms with E-state index in [1.165, 1.54) is 24.3 Å². The highest BCUT2D eigenvalue weighted by Gasteiger charge is 2.22. The van der Waals surface area contributed by atoms with E-state index in [0.717, 1.165) is 37.3 Å². The Morgan fingerprint density at radius 3 is 1.96 bits per heavy atom. The fourth-order valence-corrected chi connectivity index (χ4v) is 3.23. The first-order valence-electron chi connectivity index (χ1n) is 8.08. The van der Waals surface area contributed by atoms with Crippen molar-refractivity contribution in [1.82, 2.24) is 10.2 Å². The highest BCUT2D eigenvalue weighted by Crippen LogP contribution is 2.26. The van der Waals surface area contributed by atoms with Gasteiger partial charge in [0.05, 0.1) is 0 Å². The molecule has 0 saturated carbocycles. The van der Waals surface area contributed by atoms with Crippen LogP contribution in [0.4, 0.5) is 8.78 Å². The number of nitrogens with zero attached hydrogens (tertiary/aromatic N) is 1. The summed E-state index contributed by atoms with van der Waals surface area (Å²) in [7, 11) is 0. The molecule has 1 saturated heterocycles. The third kappa shape index (κ3) is 4.76. The lowest BCUT2D eigenvalue weighted by Crippen LogP contribution is -2.50. The van der Waals surface area contributed by atoms with Crippen molar-refractivity contribution in [2.24, 2.45) is 0 Å². The van der Waals surface area contributed by atoms with Gasteiger partial charge in [-0.1, -0.05) is 24.3 Å². The number of nitrogens with one attached hydrogen (secondary N) is 1. The Bertz CT molecular complexity index is 585. The van der Waals surface area contributed by atoms with Gasteiger partial charge >= 0.3 is 0 Å². The molecular formula is C19H23ClF2N2. The minimum atomic E-state index is -0.234. The van der Waals surface area contributed by atoms with E-state index in [-0.39, 0.29) is 30.0 Å². The van der Waals surface area contributed by atoms with E-state index >= 15 is 0 Å². The summed E-state index contributed by atoms with van der Waals surface area (Å²) in [6, 6.07) is 13.7. The molecular weight excluding hydrogens is 330 g/mol. The fraction of sp³-hybridized carbons (Fsp3) is 0.368. The van der Waals surface area contributed by atoms with Gasteiger partial charge in [0.15, 0.2) is 0 Å². The zero-order valence-corrected chi connectivity index (χ0v) is 14.5. The zero-order chi connectivity index (χ0) is 16.2. The van der Waals surface area contributed by atoms with Crippen molar-refractivity contribution >= 4 is 12.4 Å². The lowest BCUT2D eigenvalue weighted by molar-refractivity contribution is 0.202. The number of hydrogen-bond acceptors (Lipinski definition) is 2. The van der Waals surface area contributed by atoms with Crippen molar-refractivity contribution in [2.75, 3.05) is 26.2 Å². The molecule has 2 nitrogen and oxygen atoms in total. The Hall–Kier alpha value is -1.49. The maximum Gasteiger partial charge on any atom is 0.123 e. The van der Waals surface area contributed by atoms with Gasteiger partial charge in [0.1, 0.15) is 11.6 Å². The minimum Gasteiger partial charge on any atom is -0.312 e. The van der Waals surface area contributed by atoms with Gasteiger partial charge in [-0.05, 0) is 42.3 Å². The summed E-state index contributed by atoms with van der Waals surface area (Å²) in [4.78, 5) is 2.42. The maximum atomic E-state index is 13.2. The molecule has 3 rings (SSSR count). The molecule has 1 atom stereocenters. The molecule has 0 bridgehead atoms. The van der Waals surface area contributed by atoms with Gasteiger partial charge in [-0.15, -0.1) is 12.4 Å². The van der Waals surface area contributed by atoms with Crippen LogP contribution >= 0.6 is 12.4 Å². The molecule has 0 aliphatic carbocycles. The van der Waals surface area contributed by atoms with Gasteiger partial charge in [-0.2, -0.15) is 0 Å². The van der Waals surface area contributed by atoms with Crippen LogP contribution in [0.25, 0.3) is 0 Å². The molecule has 0 unspecified atom stereocenters. The quantitative estimate of drug-likeness (QED) is 0.900. The molecule has 2 aromatic carbocycles. The van der Waals surface area contributed by atoms with Crippen LogP contribution in [0.1, 0.15) is 24.0 Å². The second-order valence-electron chi connectivity index (χ2n) is 6.27. The molecule has 1 aliphatic heterocycles. The van der Waals surface area contributed by atoms with Crippen LogP contribution in [0, 0.1) is 11.6 Å². The Balaban J connectivity index is 0.00000208. The number of benzene rings is 2. The van der Waals surface area contributed by atoms with Crippen LogP contribution in [0.15, 0.2) is 48.5 Å². The molecule has 2 aromatic rings. The second kappa shape index (κ2) is 8.56. The van der Waals surface area contributed by atoms with Crippen LogP contribution in [0.2, 0.25) is 0 Å². The summed E-state index contributed by atoms with van der Waals surface area (Å²) in [6.45, 7) is 5.98. The Labute approximate surface area is 148 Å². The van der Waals surface area contributed by atoms with Crippen molar-refractivity contribution in [3.05, 3.63) is 71.3 Å². The highest BCUT2D eigenvalue weighted by molar-refractivity contribution is 5.85. The van der Waals surface area contributed by atoms with E-state index in [1.54, 1.807) is 0 Å². The summed E-state index contributed by atoms with van der Waals surface area (Å²) >= 11 is 0. The zero-order valence-electron chi connectivity index (χ0n) is 13.7. The second-order valence-corrected chi connectivity index (χ2v) is 6.27. The number of halogens is 3. The van der Waals surface area contributed by atoms with Gasteiger partial charge in [0, 0.05) is 38.1 Å². The maximum absolute atomic E-state index is 13.2. The van der Waals surface area contributed by atoms with Crippen molar-refractivity contribution in [3.8, 4) is 0 Å². The summed E-state index contributed by atoms with van der Waals surface area (Å²) in [5.41, 5.74) is 2.12. The van der Waals surface area contributed by atoms with Crippen molar-refractivity contribution < 1.29 is 8.78 Å². The standard InChI is InChI=1S/C19H22F2N2.ClH/c1-14-12-23(11-10-22-14)13-19(15-2-6-17(20)7-3-15)16-4-8-18(21)9-5-16;/h2-9,14,19,22H,10-13H2,1H3;1H/t14-;/m0./s1. The fourth-order valence-electron chi connectivity index (χ4n) is 3.23. The Kier molecular flexibility index (Phi) is 6.72. The van der Waals surface area contributed by atoms with Crippen LogP contribution in [0.5, 0.6) is 0 Å². The molecule has 1 aliphatic rings. The van der Waals surface area contributed by atoms with Crippen molar-refractivity contribution in [3.63, 3.8) is 0 Å². The predicted octanol–water partition coefficient (Wildman–Crippen LogP) is 3.81. The van der Waals surface area contributed by atoms with Crippen molar-refractivity contribution in [2.45, 2.75) is 18.9 Å². The van der Waals surface area contributed by atoms with Gasteiger partial charge in [0.2, 0.25) is 0 Å². The molecule has 5 heteroatoms. The molecule has 24 heavy (non-hydrogen) atoms. The highest BCUT2D eigenvalue weighted by atomic mass is 35.5. The molecule has 130 valence electrons. The predicted molar refractivity (Wildman–Crippen MR) is 95.8 cm³/mol. The first-order chi connectivity index (χ1) is 11.1. The third-order valence-electron chi connectivity index (χ3n) is 4.44. The largest absolute Gasteiger partial charge is 0.312 e. The summed E-state index contributed by atoms with van der Waals surface area (Å²) < 4.78 is 26.5. The molecule has 0 spiro atoms. The van der Waals surface area contributed by atoms with Gasteiger partial charge in [0.25, 0.3) is 0 Å². The topological polar surface area (TPSA) is 15.3 Å². The van der Waals surface area contributed by atoms with E-state index in [9.17, 15) is 8.78 Å². The Morgan fingerprint density at radius 1 is 1.00 bits per heavy atom. The number of rotatable bonds is 4. The summed E-state index contributed by atoms with van der Waals surface area (Å²) in [5.74, 6) is -0.355. The normalized spacial score (nSPS) is 18.4. The first-order valence-corrected chi connectivity index (χ1v) is 8.08. The van der Waals surface area contributed by atoms with E-state index in [1.807, 2.05) is 24.3 Å². The molecule has 0 radical (unpaired) electrons. The summed E-state index contributed by atoms with van der Waals surface area (Å²) in [6.07, 6.45) is 0.